The molecule has 1 aliphatic rings. The highest BCUT2D eigenvalue weighted by Gasteiger charge is 2.31. The van der Waals surface area contributed by atoms with Gasteiger partial charge >= 0.3 is 0 Å². The summed E-state index contributed by atoms with van der Waals surface area (Å²) in [6.07, 6.45) is 2.22. The van der Waals surface area contributed by atoms with Gasteiger partial charge in [0, 0.05) is 27.1 Å². The fourth-order valence-electron chi connectivity index (χ4n) is 2.88. The number of hydrogen-bond acceptors (Lipinski definition) is 4. The molecule has 0 radical (unpaired) electrons. The molecule has 0 bridgehead atoms. The molecule has 0 aromatic heterocycles. The molecule has 1 heterocycles. The average molecular weight is 319 g/mol. The van der Waals surface area contributed by atoms with Crippen LogP contribution in [0.3, 0.4) is 0 Å². The van der Waals surface area contributed by atoms with Gasteiger partial charge in [0.2, 0.25) is 11.8 Å². The molecule has 1 aromatic rings. The van der Waals surface area contributed by atoms with Gasteiger partial charge in [0.05, 0.1) is 18.8 Å². The monoisotopic (exact) mass is 319 g/mol. The standard InChI is InChI=1S/C17H25N3O3/c1-19(2)17(22)14-8-6-11-20(14)12-10-16(21)18-13-7-4-5-9-15(13)23-3/h4-5,7,9,14H,6,8,10-12H2,1-3H3,(H,18,21). The lowest BCUT2D eigenvalue weighted by atomic mass is 10.2. The van der Waals surface area contributed by atoms with Gasteiger partial charge in [-0.25, -0.2) is 0 Å². The molecular weight excluding hydrogens is 294 g/mol. The quantitative estimate of drug-likeness (QED) is 0.865. The fourth-order valence-corrected chi connectivity index (χ4v) is 2.88. The second-order valence-corrected chi connectivity index (χ2v) is 5.93. The second kappa shape index (κ2) is 7.97. The van der Waals surface area contributed by atoms with Gasteiger partial charge in [-0.3, -0.25) is 14.5 Å². The summed E-state index contributed by atoms with van der Waals surface area (Å²) in [4.78, 5) is 28.0. The third-order valence-corrected chi connectivity index (χ3v) is 4.10. The third-order valence-electron chi connectivity index (χ3n) is 4.10. The van der Waals surface area contributed by atoms with Crippen LogP contribution in [0.25, 0.3) is 0 Å². The molecule has 0 spiro atoms. The van der Waals surface area contributed by atoms with Gasteiger partial charge < -0.3 is 15.0 Å². The number of para-hydroxylation sites is 2. The Balaban J connectivity index is 1.87. The maximum absolute atomic E-state index is 12.2. The van der Waals surface area contributed by atoms with E-state index in [4.69, 9.17) is 4.74 Å². The number of carbonyl (C=O) groups is 2. The van der Waals surface area contributed by atoms with Crippen molar-refractivity contribution in [3.8, 4) is 5.75 Å². The van der Waals surface area contributed by atoms with E-state index in [1.165, 1.54) is 0 Å². The minimum absolute atomic E-state index is 0.0718. The van der Waals surface area contributed by atoms with E-state index in [1.807, 2.05) is 24.3 Å². The van der Waals surface area contributed by atoms with Gasteiger partial charge in [-0.1, -0.05) is 12.1 Å². The highest BCUT2D eigenvalue weighted by molar-refractivity contribution is 5.92. The maximum atomic E-state index is 12.2. The topological polar surface area (TPSA) is 61.9 Å². The van der Waals surface area contributed by atoms with E-state index in [0.717, 1.165) is 19.4 Å². The van der Waals surface area contributed by atoms with E-state index >= 15 is 0 Å². The number of rotatable bonds is 6. The van der Waals surface area contributed by atoms with Crippen LogP contribution in [0.2, 0.25) is 0 Å². The zero-order chi connectivity index (χ0) is 16.8. The van der Waals surface area contributed by atoms with Crippen LogP contribution < -0.4 is 10.1 Å². The number of amides is 2. The molecule has 6 nitrogen and oxygen atoms in total. The highest BCUT2D eigenvalue weighted by Crippen LogP contribution is 2.23. The molecule has 1 fully saturated rings. The molecule has 0 saturated carbocycles. The summed E-state index contributed by atoms with van der Waals surface area (Å²) in [5.41, 5.74) is 0.669. The maximum Gasteiger partial charge on any atom is 0.239 e. The van der Waals surface area contributed by atoms with Gasteiger partial charge in [-0.15, -0.1) is 0 Å². The number of carbonyl (C=O) groups excluding carboxylic acids is 2. The number of likely N-dealkylation sites (tertiary alicyclic amines) is 1. The van der Waals surface area contributed by atoms with E-state index < -0.39 is 0 Å². The van der Waals surface area contributed by atoms with Crippen molar-refractivity contribution in [2.45, 2.75) is 25.3 Å². The van der Waals surface area contributed by atoms with E-state index in [2.05, 4.69) is 10.2 Å². The second-order valence-electron chi connectivity index (χ2n) is 5.93. The smallest absolute Gasteiger partial charge is 0.239 e. The first-order valence-corrected chi connectivity index (χ1v) is 7.91. The summed E-state index contributed by atoms with van der Waals surface area (Å²) in [6, 6.07) is 7.23. The van der Waals surface area contributed by atoms with Gasteiger partial charge in [-0.05, 0) is 31.5 Å². The highest BCUT2D eigenvalue weighted by atomic mass is 16.5. The first-order valence-electron chi connectivity index (χ1n) is 7.91. The van der Waals surface area contributed by atoms with Crippen molar-refractivity contribution in [1.29, 1.82) is 0 Å². The van der Waals surface area contributed by atoms with Gasteiger partial charge in [0.1, 0.15) is 5.75 Å². The van der Waals surface area contributed by atoms with Gasteiger partial charge in [-0.2, -0.15) is 0 Å². The van der Waals surface area contributed by atoms with Crippen LogP contribution in [0.5, 0.6) is 5.75 Å². The lowest BCUT2D eigenvalue weighted by molar-refractivity contribution is -0.133. The Bertz CT molecular complexity index is 560. The summed E-state index contributed by atoms with van der Waals surface area (Å²) in [5.74, 6) is 0.688. The Hall–Kier alpha value is -2.08. The van der Waals surface area contributed by atoms with Crippen molar-refractivity contribution in [1.82, 2.24) is 9.80 Å². The largest absolute Gasteiger partial charge is 0.495 e. The number of likely N-dealkylation sites (N-methyl/N-ethyl adjacent to an activating group) is 1. The Morgan fingerprint density at radius 3 is 2.78 bits per heavy atom. The predicted octanol–water partition coefficient (Wildman–Crippen LogP) is 1.58. The molecule has 1 unspecified atom stereocenters. The summed E-state index contributed by atoms with van der Waals surface area (Å²) < 4.78 is 5.22. The Labute approximate surface area is 137 Å². The van der Waals surface area contributed by atoms with Gasteiger partial charge in [0.25, 0.3) is 0 Å². The molecule has 1 aromatic carbocycles. The van der Waals surface area contributed by atoms with E-state index in [9.17, 15) is 9.59 Å². The number of ether oxygens (including phenoxy) is 1. The summed E-state index contributed by atoms with van der Waals surface area (Å²) in [6.45, 7) is 1.46. The van der Waals surface area contributed by atoms with Crippen LogP contribution in [0.15, 0.2) is 24.3 Å². The van der Waals surface area contributed by atoms with Crippen molar-refractivity contribution < 1.29 is 14.3 Å². The van der Waals surface area contributed by atoms with Crippen LogP contribution in [0.4, 0.5) is 5.69 Å². The van der Waals surface area contributed by atoms with Crippen molar-refractivity contribution >= 4 is 17.5 Å². The Kier molecular flexibility index (Phi) is 5.98. The fraction of sp³-hybridized carbons (Fsp3) is 0.529. The number of nitrogens with zero attached hydrogens (tertiary/aromatic N) is 2. The van der Waals surface area contributed by atoms with Crippen molar-refractivity contribution in [2.75, 3.05) is 39.6 Å². The van der Waals surface area contributed by atoms with E-state index in [1.54, 1.807) is 26.1 Å². The normalized spacial score (nSPS) is 17.8. The number of nitrogens with one attached hydrogen (secondary N) is 1. The molecule has 2 rings (SSSR count). The molecular formula is C17H25N3O3. The molecule has 2 amide bonds. The molecule has 1 aliphatic heterocycles. The van der Waals surface area contributed by atoms with Crippen LogP contribution in [-0.2, 0) is 9.59 Å². The van der Waals surface area contributed by atoms with E-state index in [-0.39, 0.29) is 17.9 Å². The van der Waals surface area contributed by atoms with E-state index in [0.29, 0.717) is 24.4 Å². The lowest BCUT2D eigenvalue weighted by Crippen LogP contribution is -2.43. The third kappa shape index (κ3) is 4.45. The number of methoxy groups -OCH3 is 1. The zero-order valence-corrected chi connectivity index (χ0v) is 14.0. The average Bonchev–Trinajstić information content (AvgIpc) is 3.01. The van der Waals surface area contributed by atoms with Crippen molar-refractivity contribution in [3.05, 3.63) is 24.3 Å². The molecule has 1 N–H and O–H groups in total. The van der Waals surface area contributed by atoms with Crippen LogP contribution in [0, 0.1) is 0 Å². The molecule has 0 aliphatic carbocycles. The summed E-state index contributed by atoms with van der Waals surface area (Å²) in [5, 5.41) is 2.87. The van der Waals surface area contributed by atoms with Crippen molar-refractivity contribution in [3.63, 3.8) is 0 Å². The Morgan fingerprint density at radius 1 is 1.35 bits per heavy atom. The zero-order valence-electron chi connectivity index (χ0n) is 14.0. The molecule has 23 heavy (non-hydrogen) atoms. The SMILES string of the molecule is COc1ccccc1NC(=O)CCN1CCCC1C(=O)N(C)C. The lowest BCUT2D eigenvalue weighted by Gasteiger charge is -2.25. The Morgan fingerprint density at radius 2 is 2.09 bits per heavy atom. The van der Waals surface area contributed by atoms with Gasteiger partial charge in [0.15, 0.2) is 0 Å². The molecule has 126 valence electrons. The predicted molar refractivity (Wildman–Crippen MR) is 89.5 cm³/mol. The van der Waals surface area contributed by atoms with Crippen molar-refractivity contribution in [2.24, 2.45) is 0 Å². The minimum Gasteiger partial charge on any atom is -0.495 e. The summed E-state index contributed by atoms with van der Waals surface area (Å²) in [7, 11) is 5.12. The number of hydrogen-bond donors (Lipinski definition) is 1. The first kappa shape index (κ1) is 17.3. The number of anilines is 1. The summed E-state index contributed by atoms with van der Waals surface area (Å²) >= 11 is 0. The van der Waals surface area contributed by atoms with Crippen LogP contribution in [-0.4, -0.2) is 62.0 Å². The molecule has 1 saturated heterocycles. The molecule has 1 atom stereocenters. The first-order chi connectivity index (χ1) is 11.0. The van der Waals surface area contributed by atoms with Crippen LogP contribution >= 0.6 is 0 Å². The van der Waals surface area contributed by atoms with Crippen LogP contribution in [0.1, 0.15) is 19.3 Å². The molecule has 6 heteroatoms. The number of benzene rings is 1. The minimum atomic E-state index is -0.0935.